The molecule has 2 aromatic carbocycles. The van der Waals surface area contributed by atoms with Crippen molar-refractivity contribution >= 4 is 35.0 Å². The smallest absolute Gasteiger partial charge is 0.222 e. The van der Waals surface area contributed by atoms with Gasteiger partial charge in [-0.2, -0.15) is 0 Å². The lowest BCUT2D eigenvalue weighted by Crippen LogP contribution is -2.32. The summed E-state index contributed by atoms with van der Waals surface area (Å²) in [6, 6.07) is 19.5. The van der Waals surface area contributed by atoms with Crippen LogP contribution in [0.1, 0.15) is 36.8 Å². The lowest BCUT2D eigenvalue weighted by molar-refractivity contribution is -0.128. The van der Waals surface area contributed by atoms with Gasteiger partial charge in [0.25, 0.3) is 0 Å². The number of carbonyl (C=O) groups excluding carboxylic acids is 2. The van der Waals surface area contributed by atoms with Crippen LogP contribution in [-0.4, -0.2) is 85.1 Å². The molecule has 262 valence electrons. The van der Waals surface area contributed by atoms with Crippen molar-refractivity contribution in [3.05, 3.63) is 81.8 Å². The third-order valence-electron chi connectivity index (χ3n) is 9.20. The molecule has 2 amide bonds. The Balaban J connectivity index is 1.17. The predicted octanol–water partition coefficient (Wildman–Crippen LogP) is 6.23. The third-order valence-corrected chi connectivity index (χ3v) is 10.0. The van der Waals surface area contributed by atoms with E-state index in [0.29, 0.717) is 85.3 Å². The van der Waals surface area contributed by atoms with Crippen LogP contribution in [0.2, 0.25) is 10.0 Å². The number of nitrogens with zero attached hydrogens (tertiary/aromatic N) is 4. The van der Waals surface area contributed by atoms with Crippen LogP contribution in [0.4, 0.5) is 0 Å². The molecule has 0 bridgehead atoms. The molecule has 0 unspecified atom stereocenters. The zero-order valence-corrected chi connectivity index (χ0v) is 29.9. The number of hydrogen-bond acceptors (Lipinski definition) is 8. The first kappa shape index (κ1) is 35.6. The van der Waals surface area contributed by atoms with Crippen LogP contribution in [-0.2, 0) is 22.7 Å². The molecule has 2 fully saturated rings. The molecule has 0 saturated carbocycles. The van der Waals surface area contributed by atoms with Gasteiger partial charge in [-0.25, -0.2) is 9.97 Å². The molecular weight excluding hydrogens is 675 g/mol. The summed E-state index contributed by atoms with van der Waals surface area (Å²) in [4.78, 5) is 37.2. The number of methoxy groups -OCH3 is 2. The molecule has 2 aromatic heterocycles. The summed E-state index contributed by atoms with van der Waals surface area (Å²) in [5.41, 5.74) is 6.21. The van der Waals surface area contributed by atoms with E-state index < -0.39 is 0 Å². The summed E-state index contributed by atoms with van der Waals surface area (Å²) in [6.45, 7) is 5.55. The molecule has 2 aliphatic heterocycles. The second-order valence-electron chi connectivity index (χ2n) is 12.4. The van der Waals surface area contributed by atoms with Crippen LogP contribution < -0.4 is 20.1 Å². The number of aromatic nitrogens is 2. The molecule has 0 aliphatic carbocycles. The standard InChI is InChI=1S/C38H42Cl2N6O4/c1-49-37-25(23-41-17-21-45-19-5-11-33(45)47)13-15-31(43-37)29-9-3-7-27(35(29)39)28-8-4-10-30(36(28)40)32-16-14-26(38(44-32)50-2)24-42-18-22-46-20-6-12-34(46)48/h3-4,7-10,13-16,41-42H,5-6,11-12,17-24H2,1-2H3. The molecule has 0 spiro atoms. The van der Waals surface area contributed by atoms with E-state index in [1.165, 1.54) is 0 Å². The van der Waals surface area contributed by atoms with E-state index in [1.807, 2.05) is 70.5 Å². The van der Waals surface area contributed by atoms with Crippen molar-refractivity contribution in [2.24, 2.45) is 0 Å². The van der Waals surface area contributed by atoms with Gasteiger partial charge in [-0.1, -0.05) is 71.7 Å². The van der Waals surface area contributed by atoms with E-state index in [0.717, 1.165) is 59.3 Å². The molecule has 2 saturated heterocycles. The predicted molar refractivity (Wildman–Crippen MR) is 197 cm³/mol. The number of halogens is 2. The molecule has 12 heteroatoms. The van der Waals surface area contributed by atoms with Crippen LogP contribution >= 0.6 is 23.2 Å². The van der Waals surface area contributed by atoms with Crippen LogP contribution in [0.15, 0.2) is 60.7 Å². The second kappa shape index (κ2) is 16.7. The number of ether oxygens (including phenoxy) is 2. The van der Waals surface area contributed by atoms with Crippen molar-refractivity contribution in [1.29, 1.82) is 0 Å². The average molecular weight is 718 g/mol. The number of carbonyl (C=O) groups is 2. The molecule has 4 heterocycles. The zero-order chi connectivity index (χ0) is 35.0. The summed E-state index contributed by atoms with van der Waals surface area (Å²) in [7, 11) is 3.21. The highest BCUT2D eigenvalue weighted by molar-refractivity contribution is 6.39. The van der Waals surface area contributed by atoms with Crippen LogP contribution in [0.3, 0.4) is 0 Å². The lowest BCUT2D eigenvalue weighted by Gasteiger charge is -2.17. The van der Waals surface area contributed by atoms with Crippen LogP contribution in [0.5, 0.6) is 11.8 Å². The van der Waals surface area contributed by atoms with Crippen LogP contribution in [0, 0.1) is 0 Å². The van der Waals surface area contributed by atoms with Gasteiger partial charge >= 0.3 is 0 Å². The van der Waals surface area contributed by atoms with Gasteiger partial charge in [0.1, 0.15) is 0 Å². The molecular formula is C38H42Cl2N6O4. The Hall–Kier alpha value is -4.22. The van der Waals surface area contributed by atoms with Gasteiger partial charge in [0, 0.05) is 98.6 Å². The van der Waals surface area contributed by atoms with Crippen LogP contribution in [0.25, 0.3) is 33.6 Å². The Morgan fingerprint density at radius 2 is 1.06 bits per heavy atom. The highest BCUT2D eigenvalue weighted by Gasteiger charge is 2.21. The Bertz CT molecular complexity index is 1720. The minimum atomic E-state index is 0.224. The first-order chi connectivity index (χ1) is 24.4. The number of likely N-dealkylation sites (tertiary alicyclic amines) is 2. The maximum atomic E-state index is 11.9. The monoisotopic (exact) mass is 716 g/mol. The second-order valence-corrected chi connectivity index (χ2v) is 13.1. The molecule has 2 aliphatic rings. The van der Waals surface area contributed by atoms with Gasteiger partial charge in [0.15, 0.2) is 0 Å². The van der Waals surface area contributed by atoms with Gasteiger partial charge in [0.05, 0.1) is 35.7 Å². The van der Waals surface area contributed by atoms with Crippen molar-refractivity contribution in [1.82, 2.24) is 30.4 Å². The fraction of sp³-hybridized carbons (Fsp3) is 0.368. The fourth-order valence-corrected chi connectivity index (χ4v) is 7.14. The van der Waals surface area contributed by atoms with Crippen molar-refractivity contribution in [2.75, 3.05) is 53.5 Å². The third kappa shape index (κ3) is 8.05. The van der Waals surface area contributed by atoms with E-state index >= 15 is 0 Å². The maximum absolute atomic E-state index is 11.9. The van der Waals surface area contributed by atoms with Gasteiger partial charge in [-0.15, -0.1) is 0 Å². The van der Waals surface area contributed by atoms with E-state index in [1.54, 1.807) is 14.2 Å². The van der Waals surface area contributed by atoms with Gasteiger partial charge < -0.3 is 29.9 Å². The maximum Gasteiger partial charge on any atom is 0.222 e. The molecule has 6 rings (SSSR count). The van der Waals surface area contributed by atoms with Crippen molar-refractivity contribution in [3.63, 3.8) is 0 Å². The summed E-state index contributed by atoms with van der Waals surface area (Å²) in [6.07, 6.45) is 3.16. The Kier molecular flexibility index (Phi) is 11.9. The van der Waals surface area contributed by atoms with E-state index in [-0.39, 0.29) is 11.8 Å². The largest absolute Gasteiger partial charge is 0.481 e. The van der Waals surface area contributed by atoms with Crippen molar-refractivity contribution < 1.29 is 19.1 Å². The van der Waals surface area contributed by atoms with Gasteiger partial charge in [0.2, 0.25) is 23.6 Å². The molecule has 0 radical (unpaired) electrons. The molecule has 10 nitrogen and oxygen atoms in total. The molecule has 0 atom stereocenters. The Morgan fingerprint density at radius 3 is 1.44 bits per heavy atom. The first-order valence-corrected chi connectivity index (χ1v) is 17.8. The molecule has 4 aromatic rings. The normalized spacial score (nSPS) is 14.6. The molecule has 2 N–H and O–H groups in total. The lowest BCUT2D eigenvalue weighted by atomic mass is 9.98. The van der Waals surface area contributed by atoms with E-state index in [2.05, 4.69) is 10.6 Å². The number of nitrogens with one attached hydrogen (secondary N) is 2. The molecule has 50 heavy (non-hydrogen) atoms. The first-order valence-electron chi connectivity index (χ1n) is 17.0. The average Bonchev–Trinajstić information content (AvgIpc) is 3.75. The summed E-state index contributed by atoms with van der Waals surface area (Å²) < 4.78 is 11.3. The highest BCUT2D eigenvalue weighted by Crippen LogP contribution is 2.42. The van der Waals surface area contributed by atoms with Crippen molar-refractivity contribution in [2.45, 2.75) is 38.8 Å². The minimum absolute atomic E-state index is 0.224. The number of rotatable bonds is 15. The van der Waals surface area contributed by atoms with E-state index in [9.17, 15) is 9.59 Å². The van der Waals surface area contributed by atoms with Gasteiger partial charge in [-0.05, 0) is 25.0 Å². The summed E-state index contributed by atoms with van der Waals surface area (Å²) >= 11 is 14.2. The summed E-state index contributed by atoms with van der Waals surface area (Å²) in [5.74, 6) is 1.46. The van der Waals surface area contributed by atoms with Crippen molar-refractivity contribution in [3.8, 4) is 45.4 Å². The Labute approximate surface area is 303 Å². The fourth-order valence-electron chi connectivity index (χ4n) is 6.49. The SMILES string of the molecule is COc1nc(-c2cccc(-c3cccc(-c4ccc(CNCCN5CCCC5=O)c(OC)n4)c3Cl)c2Cl)ccc1CNCCN1CCCC1=O. The summed E-state index contributed by atoms with van der Waals surface area (Å²) in [5, 5.41) is 7.84. The zero-order valence-electron chi connectivity index (χ0n) is 28.4. The number of hydrogen-bond donors (Lipinski definition) is 2. The Morgan fingerprint density at radius 1 is 0.640 bits per heavy atom. The quantitative estimate of drug-likeness (QED) is 0.140. The van der Waals surface area contributed by atoms with E-state index in [4.69, 9.17) is 42.6 Å². The highest BCUT2D eigenvalue weighted by atomic mass is 35.5. The van der Waals surface area contributed by atoms with Gasteiger partial charge in [-0.3, -0.25) is 9.59 Å². The minimum Gasteiger partial charge on any atom is -0.481 e. The number of pyridine rings is 2. The number of amides is 2. The number of benzene rings is 2. The topological polar surface area (TPSA) is 109 Å².